The van der Waals surface area contributed by atoms with E-state index < -0.39 is 0 Å². The lowest BCUT2D eigenvalue weighted by Crippen LogP contribution is -1.75. The molecule has 0 aliphatic carbocycles. The maximum Gasteiger partial charge on any atom is 0.134 e. The van der Waals surface area contributed by atoms with E-state index in [1.165, 1.54) is 20.3 Å². The van der Waals surface area contributed by atoms with E-state index in [2.05, 4.69) is 37.2 Å². The number of hydrogen-bond acceptors (Lipinski definition) is 3. The van der Waals surface area contributed by atoms with Gasteiger partial charge in [-0.1, -0.05) is 0 Å². The number of thiophene rings is 1. The Labute approximate surface area is 86.1 Å². The molecule has 0 aliphatic heterocycles. The van der Waals surface area contributed by atoms with Crippen LogP contribution in [0.15, 0.2) is 11.4 Å². The Morgan fingerprint density at radius 3 is 2.46 bits per heavy atom. The van der Waals surface area contributed by atoms with Crippen molar-refractivity contribution in [3.8, 4) is 9.88 Å². The second kappa shape index (κ2) is 3.24. The summed E-state index contributed by atoms with van der Waals surface area (Å²) in [5.74, 6) is 0. The molecule has 2 rings (SSSR count). The molecule has 0 saturated carbocycles. The molecule has 0 aliphatic rings. The molecular formula is C10H11NS2. The SMILES string of the molecule is Cc1ccsc1-c1nc(C)c(C)s1. The molecule has 0 saturated heterocycles. The smallest absolute Gasteiger partial charge is 0.134 e. The van der Waals surface area contributed by atoms with Crippen LogP contribution in [0.3, 0.4) is 0 Å². The predicted molar refractivity (Wildman–Crippen MR) is 59.6 cm³/mol. The van der Waals surface area contributed by atoms with Gasteiger partial charge < -0.3 is 0 Å². The first kappa shape index (κ1) is 8.91. The van der Waals surface area contributed by atoms with Crippen molar-refractivity contribution in [3.05, 3.63) is 27.6 Å². The first-order valence-corrected chi connectivity index (χ1v) is 5.86. The molecule has 0 bridgehead atoms. The summed E-state index contributed by atoms with van der Waals surface area (Å²) in [7, 11) is 0. The van der Waals surface area contributed by atoms with Crippen molar-refractivity contribution in [2.45, 2.75) is 20.8 Å². The zero-order valence-corrected chi connectivity index (χ0v) is 9.55. The van der Waals surface area contributed by atoms with Crippen molar-refractivity contribution in [1.29, 1.82) is 0 Å². The monoisotopic (exact) mass is 209 g/mol. The highest BCUT2D eigenvalue weighted by molar-refractivity contribution is 7.21. The van der Waals surface area contributed by atoms with Crippen LogP contribution < -0.4 is 0 Å². The summed E-state index contributed by atoms with van der Waals surface area (Å²) in [4.78, 5) is 7.19. The van der Waals surface area contributed by atoms with Gasteiger partial charge in [0, 0.05) is 4.88 Å². The first-order valence-electron chi connectivity index (χ1n) is 4.17. The standard InChI is InChI=1S/C10H11NS2/c1-6-4-5-12-9(6)10-11-7(2)8(3)13-10/h4-5H,1-3H3. The molecule has 13 heavy (non-hydrogen) atoms. The van der Waals surface area contributed by atoms with Crippen LogP contribution in [-0.2, 0) is 0 Å². The summed E-state index contributed by atoms with van der Waals surface area (Å²) < 4.78 is 0. The molecule has 1 nitrogen and oxygen atoms in total. The molecule has 0 N–H and O–H groups in total. The lowest BCUT2D eigenvalue weighted by atomic mass is 10.3. The van der Waals surface area contributed by atoms with Gasteiger partial charge in [0.15, 0.2) is 0 Å². The van der Waals surface area contributed by atoms with Gasteiger partial charge in [-0.05, 0) is 37.8 Å². The van der Waals surface area contributed by atoms with Gasteiger partial charge in [0.1, 0.15) is 5.01 Å². The quantitative estimate of drug-likeness (QED) is 0.696. The van der Waals surface area contributed by atoms with E-state index in [4.69, 9.17) is 0 Å². The second-order valence-electron chi connectivity index (χ2n) is 3.09. The zero-order valence-electron chi connectivity index (χ0n) is 7.92. The number of aromatic nitrogens is 1. The minimum atomic E-state index is 1.16. The Morgan fingerprint density at radius 2 is 2.00 bits per heavy atom. The van der Waals surface area contributed by atoms with E-state index in [9.17, 15) is 0 Å². The Kier molecular flexibility index (Phi) is 2.22. The lowest BCUT2D eigenvalue weighted by Gasteiger charge is -1.90. The highest BCUT2D eigenvalue weighted by Crippen LogP contribution is 2.33. The van der Waals surface area contributed by atoms with E-state index >= 15 is 0 Å². The van der Waals surface area contributed by atoms with E-state index in [-0.39, 0.29) is 0 Å². The van der Waals surface area contributed by atoms with Crippen LogP contribution in [0, 0.1) is 20.8 Å². The van der Waals surface area contributed by atoms with Crippen molar-refractivity contribution in [2.75, 3.05) is 0 Å². The molecule has 0 fully saturated rings. The Hall–Kier alpha value is -0.670. The van der Waals surface area contributed by atoms with Gasteiger partial charge >= 0.3 is 0 Å². The first-order chi connectivity index (χ1) is 6.18. The van der Waals surface area contributed by atoms with Crippen LogP contribution in [0.25, 0.3) is 9.88 Å². The molecular weight excluding hydrogens is 198 g/mol. The molecule has 2 aromatic heterocycles. The lowest BCUT2D eigenvalue weighted by molar-refractivity contribution is 1.23. The van der Waals surface area contributed by atoms with Crippen molar-refractivity contribution in [2.24, 2.45) is 0 Å². The molecule has 0 spiro atoms. The molecule has 68 valence electrons. The average Bonchev–Trinajstić information content (AvgIpc) is 2.60. The number of hydrogen-bond donors (Lipinski definition) is 0. The van der Waals surface area contributed by atoms with Crippen LogP contribution in [0.1, 0.15) is 16.1 Å². The summed E-state index contributed by atoms with van der Waals surface area (Å²) >= 11 is 3.56. The molecule has 2 aromatic rings. The van der Waals surface area contributed by atoms with Crippen LogP contribution in [0.2, 0.25) is 0 Å². The van der Waals surface area contributed by atoms with Gasteiger partial charge in [-0.15, -0.1) is 22.7 Å². The van der Waals surface area contributed by atoms with E-state index in [1.54, 1.807) is 22.7 Å². The van der Waals surface area contributed by atoms with Crippen LogP contribution in [0.5, 0.6) is 0 Å². The molecule has 0 atom stereocenters. The minimum absolute atomic E-state index is 1.16. The van der Waals surface area contributed by atoms with Gasteiger partial charge in [0.25, 0.3) is 0 Å². The van der Waals surface area contributed by atoms with Crippen LogP contribution in [0.4, 0.5) is 0 Å². The summed E-state index contributed by atoms with van der Waals surface area (Å²) in [5.41, 5.74) is 2.49. The van der Waals surface area contributed by atoms with E-state index in [0.29, 0.717) is 0 Å². The largest absolute Gasteiger partial charge is 0.240 e. The Morgan fingerprint density at radius 1 is 1.23 bits per heavy atom. The summed E-state index contributed by atoms with van der Waals surface area (Å²) in [6.07, 6.45) is 0. The summed E-state index contributed by atoms with van der Waals surface area (Å²) in [5, 5.41) is 3.29. The maximum absolute atomic E-state index is 4.54. The van der Waals surface area contributed by atoms with Gasteiger partial charge in [0.05, 0.1) is 10.6 Å². The molecule has 0 amide bonds. The fourth-order valence-electron chi connectivity index (χ4n) is 1.16. The number of nitrogens with zero attached hydrogens (tertiary/aromatic N) is 1. The van der Waals surface area contributed by atoms with Crippen molar-refractivity contribution >= 4 is 22.7 Å². The van der Waals surface area contributed by atoms with Gasteiger partial charge in [0.2, 0.25) is 0 Å². The maximum atomic E-state index is 4.54. The fraction of sp³-hybridized carbons (Fsp3) is 0.300. The van der Waals surface area contributed by atoms with Crippen LogP contribution in [-0.4, -0.2) is 4.98 Å². The average molecular weight is 209 g/mol. The molecule has 0 aromatic carbocycles. The van der Waals surface area contributed by atoms with Gasteiger partial charge in [-0.3, -0.25) is 0 Å². The fourth-order valence-corrected chi connectivity index (χ4v) is 3.16. The summed E-state index contributed by atoms with van der Waals surface area (Å²) in [6, 6.07) is 2.14. The normalized spacial score (nSPS) is 10.7. The van der Waals surface area contributed by atoms with E-state index in [1.807, 2.05) is 0 Å². The van der Waals surface area contributed by atoms with Crippen molar-refractivity contribution in [3.63, 3.8) is 0 Å². The minimum Gasteiger partial charge on any atom is -0.240 e. The van der Waals surface area contributed by atoms with Gasteiger partial charge in [-0.25, -0.2) is 4.98 Å². The molecule has 0 unspecified atom stereocenters. The Balaban J connectivity index is 2.53. The van der Waals surface area contributed by atoms with Crippen LogP contribution >= 0.6 is 22.7 Å². The van der Waals surface area contributed by atoms with Crippen molar-refractivity contribution < 1.29 is 0 Å². The predicted octanol–water partition coefficient (Wildman–Crippen LogP) is 3.80. The number of aryl methyl sites for hydroxylation is 3. The third-order valence-corrected chi connectivity index (χ3v) is 4.33. The Bertz CT molecular complexity index is 406. The zero-order chi connectivity index (χ0) is 9.42. The third-order valence-electron chi connectivity index (χ3n) is 2.08. The summed E-state index contributed by atoms with van der Waals surface area (Å²) in [6.45, 7) is 6.33. The number of rotatable bonds is 1. The molecule has 2 heterocycles. The molecule has 3 heteroatoms. The third kappa shape index (κ3) is 1.54. The molecule has 0 radical (unpaired) electrons. The highest BCUT2D eigenvalue weighted by atomic mass is 32.1. The second-order valence-corrected chi connectivity index (χ2v) is 5.21. The van der Waals surface area contributed by atoms with E-state index in [0.717, 1.165) is 5.69 Å². The highest BCUT2D eigenvalue weighted by Gasteiger charge is 2.09. The topological polar surface area (TPSA) is 12.9 Å². The van der Waals surface area contributed by atoms with Gasteiger partial charge in [-0.2, -0.15) is 0 Å². The van der Waals surface area contributed by atoms with Crippen molar-refractivity contribution in [1.82, 2.24) is 4.98 Å². The number of thiazole rings is 1.